The second-order valence-electron chi connectivity index (χ2n) is 4.37. The fourth-order valence-corrected chi connectivity index (χ4v) is 2.00. The molecule has 0 saturated heterocycles. The van der Waals surface area contributed by atoms with Crippen LogP contribution >= 0.6 is 0 Å². The molecule has 0 aromatic rings. The van der Waals surface area contributed by atoms with Gasteiger partial charge in [-0.05, 0) is 12.8 Å². The second kappa shape index (κ2) is 7.89. The molecule has 6 nitrogen and oxygen atoms in total. The zero-order chi connectivity index (χ0) is 12.5. The normalized spacial score (nSPS) is 16.5. The smallest absolute Gasteiger partial charge is 0.312 e. The lowest BCUT2D eigenvalue weighted by atomic mass is 9.95. The van der Waals surface area contributed by atoms with Crippen LogP contribution in [0.5, 0.6) is 0 Å². The summed E-state index contributed by atoms with van der Waals surface area (Å²) in [5.74, 6) is 0.0241. The number of carbonyl (C=O) groups excluding carboxylic acids is 2. The van der Waals surface area contributed by atoms with Crippen LogP contribution in [-0.4, -0.2) is 37.6 Å². The summed E-state index contributed by atoms with van der Waals surface area (Å²) < 4.78 is 0. The first-order chi connectivity index (χ1) is 8.18. The zero-order valence-electron chi connectivity index (χ0n) is 10.1. The van der Waals surface area contributed by atoms with Crippen molar-refractivity contribution in [1.82, 2.24) is 16.0 Å². The third-order valence-electron chi connectivity index (χ3n) is 2.86. The van der Waals surface area contributed by atoms with Crippen LogP contribution in [0.1, 0.15) is 32.1 Å². The third kappa shape index (κ3) is 6.78. The van der Waals surface area contributed by atoms with Crippen molar-refractivity contribution in [3.63, 3.8) is 0 Å². The van der Waals surface area contributed by atoms with E-state index in [1.165, 1.54) is 19.3 Å². The highest BCUT2D eigenvalue weighted by Crippen LogP contribution is 2.16. The Bertz CT molecular complexity index is 252. The maximum absolute atomic E-state index is 11.5. The van der Waals surface area contributed by atoms with Crippen molar-refractivity contribution in [2.75, 3.05) is 19.6 Å². The lowest BCUT2D eigenvalue weighted by Crippen LogP contribution is -2.43. The topological polar surface area (TPSA) is 96.2 Å². The number of urea groups is 1. The molecule has 0 aromatic heterocycles. The molecule has 1 aliphatic carbocycles. The van der Waals surface area contributed by atoms with E-state index < -0.39 is 6.03 Å². The average Bonchev–Trinajstić information content (AvgIpc) is 2.29. The monoisotopic (exact) mass is 242 g/mol. The summed E-state index contributed by atoms with van der Waals surface area (Å²) in [6.07, 6.45) is 5.88. The van der Waals surface area contributed by atoms with Crippen molar-refractivity contribution in [3.8, 4) is 0 Å². The second-order valence-corrected chi connectivity index (χ2v) is 4.37. The summed E-state index contributed by atoms with van der Waals surface area (Å²) in [5.41, 5.74) is 4.90. The van der Waals surface area contributed by atoms with Gasteiger partial charge in [-0.1, -0.05) is 19.3 Å². The fraction of sp³-hybridized carbons (Fsp3) is 0.818. The molecule has 1 fully saturated rings. The molecule has 0 spiro atoms. The number of hydrogen-bond donors (Lipinski definition) is 4. The Morgan fingerprint density at radius 3 is 2.47 bits per heavy atom. The summed E-state index contributed by atoms with van der Waals surface area (Å²) in [4.78, 5) is 21.9. The first kappa shape index (κ1) is 13.8. The molecule has 98 valence electrons. The van der Waals surface area contributed by atoms with Gasteiger partial charge in [-0.3, -0.25) is 4.79 Å². The van der Waals surface area contributed by atoms with Gasteiger partial charge < -0.3 is 21.7 Å². The quantitative estimate of drug-likeness (QED) is 0.481. The van der Waals surface area contributed by atoms with Gasteiger partial charge in [-0.25, -0.2) is 4.79 Å². The van der Waals surface area contributed by atoms with Crippen molar-refractivity contribution < 1.29 is 9.59 Å². The van der Waals surface area contributed by atoms with Gasteiger partial charge >= 0.3 is 6.03 Å². The predicted molar refractivity (Wildman–Crippen MR) is 65.5 cm³/mol. The molecule has 1 rings (SSSR count). The van der Waals surface area contributed by atoms with Gasteiger partial charge in [0.2, 0.25) is 5.91 Å². The summed E-state index contributed by atoms with van der Waals surface area (Å²) in [5, 5.41) is 8.40. The molecule has 1 aliphatic rings. The molecule has 0 radical (unpaired) electrons. The Kier molecular flexibility index (Phi) is 6.39. The van der Waals surface area contributed by atoms with E-state index in [0.717, 1.165) is 12.8 Å². The van der Waals surface area contributed by atoms with E-state index in [1.54, 1.807) is 0 Å². The van der Waals surface area contributed by atoms with E-state index in [9.17, 15) is 9.59 Å². The lowest BCUT2D eigenvalue weighted by Gasteiger charge is -2.22. The standard InChI is InChI=1S/C11H22N4O2/c12-11(17)14-7-6-13-8-10(16)15-9-4-2-1-3-5-9/h9,13H,1-8H2,(H,15,16)(H3,12,14,17). The highest BCUT2D eigenvalue weighted by Gasteiger charge is 2.14. The molecule has 5 N–H and O–H groups in total. The minimum atomic E-state index is -0.543. The zero-order valence-corrected chi connectivity index (χ0v) is 10.1. The van der Waals surface area contributed by atoms with Crippen molar-refractivity contribution in [1.29, 1.82) is 0 Å². The number of nitrogens with one attached hydrogen (secondary N) is 3. The van der Waals surface area contributed by atoms with Gasteiger partial charge in [0, 0.05) is 19.1 Å². The number of carbonyl (C=O) groups is 2. The maximum atomic E-state index is 11.5. The summed E-state index contributed by atoms with van der Waals surface area (Å²) in [6.45, 7) is 1.27. The maximum Gasteiger partial charge on any atom is 0.312 e. The average molecular weight is 242 g/mol. The number of amides is 3. The Hall–Kier alpha value is -1.30. The minimum Gasteiger partial charge on any atom is -0.352 e. The largest absolute Gasteiger partial charge is 0.352 e. The number of nitrogens with two attached hydrogens (primary N) is 1. The Labute approximate surface area is 102 Å². The van der Waals surface area contributed by atoms with Gasteiger partial charge in [0.05, 0.1) is 6.54 Å². The van der Waals surface area contributed by atoms with E-state index in [1.807, 2.05) is 0 Å². The van der Waals surface area contributed by atoms with E-state index in [4.69, 9.17) is 5.73 Å². The van der Waals surface area contributed by atoms with Crippen LogP contribution < -0.4 is 21.7 Å². The molecule has 0 aliphatic heterocycles. The minimum absolute atomic E-state index is 0.0241. The van der Waals surface area contributed by atoms with Gasteiger partial charge in [0.25, 0.3) is 0 Å². The molecule has 0 heterocycles. The molecular formula is C11H22N4O2. The number of hydrogen-bond acceptors (Lipinski definition) is 3. The van der Waals surface area contributed by atoms with Crippen molar-refractivity contribution in [2.45, 2.75) is 38.1 Å². The van der Waals surface area contributed by atoms with Gasteiger partial charge in [-0.2, -0.15) is 0 Å². The van der Waals surface area contributed by atoms with Crippen LogP contribution in [0.2, 0.25) is 0 Å². The number of rotatable bonds is 6. The van der Waals surface area contributed by atoms with Crippen LogP contribution in [0.4, 0.5) is 4.79 Å². The van der Waals surface area contributed by atoms with Crippen molar-refractivity contribution in [2.24, 2.45) is 5.73 Å². The van der Waals surface area contributed by atoms with Crippen LogP contribution in [0.25, 0.3) is 0 Å². The van der Waals surface area contributed by atoms with Crippen LogP contribution in [0, 0.1) is 0 Å². The van der Waals surface area contributed by atoms with E-state index >= 15 is 0 Å². The summed E-state index contributed by atoms with van der Waals surface area (Å²) >= 11 is 0. The summed E-state index contributed by atoms with van der Waals surface area (Å²) in [7, 11) is 0. The highest BCUT2D eigenvalue weighted by atomic mass is 16.2. The van der Waals surface area contributed by atoms with Crippen molar-refractivity contribution in [3.05, 3.63) is 0 Å². The Morgan fingerprint density at radius 1 is 1.12 bits per heavy atom. The van der Waals surface area contributed by atoms with Crippen LogP contribution in [0.15, 0.2) is 0 Å². The predicted octanol–water partition coefficient (Wildman–Crippen LogP) is -0.307. The molecule has 3 amide bonds. The molecule has 6 heteroatoms. The van der Waals surface area contributed by atoms with Gasteiger partial charge in [-0.15, -0.1) is 0 Å². The molecule has 0 unspecified atom stereocenters. The molecule has 0 aromatic carbocycles. The first-order valence-electron chi connectivity index (χ1n) is 6.22. The number of primary amides is 1. The Balaban J connectivity index is 1.98. The van der Waals surface area contributed by atoms with Crippen molar-refractivity contribution >= 4 is 11.9 Å². The molecule has 0 bridgehead atoms. The van der Waals surface area contributed by atoms with Crippen LogP contribution in [0.3, 0.4) is 0 Å². The van der Waals surface area contributed by atoms with Gasteiger partial charge in [0.1, 0.15) is 0 Å². The van der Waals surface area contributed by atoms with E-state index in [0.29, 0.717) is 19.1 Å². The highest BCUT2D eigenvalue weighted by molar-refractivity contribution is 5.78. The lowest BCUT2D eigenvalue weighted by molar-refractivity contribution is -0.121. The van der Waals surface area contributed by atoms with E-state index in [-0.39, 0.29) is 12.5 Å². The molecule has 17 heavy (non-hydrogen) atoms. The van der Waals surface area contributed by atoms with E-state index in [2.05, 4.69) is 16.0 Å². The molecular weight excluding hydrogens is 220 g/mol. The third-order valence-corrected chi connectivity index (χ3v) is 2.86. The van der Waals surface area contributed by atoms with Crippen LogP contribution in [-0.2, 0) is 4.79 Å². The SMILES string of the molecule is NC(=O)NCCNCC(=O)NC1CCCCC1. The first-order valence-corrected chi connectivity index (χ1v) is 6.22. The summed E-state index contributed by atoms with van der Waals surface area (Å²) in [6, 6.07) is -0.194. The molecule has 0 atom stereocenters. The fourth-order valence-electron chi connectivity index (χ4n) is 2.00. The molecule has 1 saturated carbocycles. The van der Waals surface area contributed by atoms with Gasteiger partial charge in [0.15, 0.2) is 0 Å². The Morgan fingerprint density at radius 2 is 1.82 bits per heavy atom.